The van der Waals surface area contributed by atoms with Crippen molar-refractivity contribution in [2.45, 2.75) is 111 Å². The maximum absolute atomic E-state index is 11.7. The predicted octanol–water partition coefficient (Wildman–Crippen LogP) is 6.70. The molecule has 3 aromatic carbocycles. The molecule has 69 heavy (non-hydrogen) atoms. The average molecular weight is 937 g/mol. The number of benzene rings is 3. The highest BCUT2D eigenvalue weighted by Crippen LogP contribution is 2.27. The van der Waals surface area contributed by atoms with E-state index in [2.05, 4.69) is 74.7 Å². The molecular formula is C50H64N16O3. The maximum Gasteiger partial charge on any atom is 0.254 e. The number of hydrogen-bond acceptors (Lipinski definition) is 16. The van der Waals surface area contributed by atoms with Crippen LogP contribution in [-0.4, -0.2) is 71.8 Å². The Morgan fingerprint density at radius 3 is 1.04 bits per heavy atom. The number of amides is 3. The summed E-state index contributed by atoms with van der Waals surface area (Å²) in [7, 11) is 0. The van der Waals surface area contributed by atoms with E-state index in [-0.39, 0.29) is 40.9 Å². The molecule has 2 saturated carbocycles. The van der Waals surface area contributed by atoms with E-state index in [4.69, 9.17) is 28.7 Å². The molecule has 0 spiro atoms. The van der Waals surface area contributed by atoms with Gasteiger partial charge in [-0.3, -0.25) is 14.4 Å². The molecule has 19 nitrogen and oxygen atoms in total. The van der Waals surface area contributed by atoms with Crippen LogP contribution >= 0.6 is 0 Å². The van der Waals surface area contributed by atoms with E-state index in [1.807, 2.05) is 77.9 Å². The zero-order valence-electron chi connectivity index (χ0n) is 40.3. The van der Waals surface area contributed by atoms with Gasteiger partial charge in [-0.15, -0.1) is 0 Å². The Labute approximate surface area is 402 Å². The zero-order chi connectivity index (χ0) is 49.9. The number of nitrogens with two attached hydrogens (primary N) is 5. The van der Waals surface area contributed by atoms with E-state index < -0.39 is 17.7 Å². The number of hydrogen-bond donors (Lipinski definition) is 10. The standard InChI is InChI=1S/2C18H24N6O.C14H16N4O/c2*1-10-6-11(2)8-12(7-10)22-17-13(16(20)25)9-21-18(24-17)23-15-5-3-4-14(15)19;1-8-4-9(2)6-11(5-8)18-14-12(13(15)19)7-16-10(3)17-14/h2*6-9,14-15H,3-5,19H2,1-2H3,(H2,20,25)(H2,21,22,23,24);4-7H,1-3H3,(H2,15,19)(H,16,17,18)/t2*14-,15+;/m00./s1. The Morgan fingerprint density at radius 1 is 0.449 bits per heavy atom. The van der Waals surface area contributed by atoms with Crippen LogP contribution in [0.5, 0.6) is 0 Å². The molecule has 3 heterocycles. The lowest BCUT2D eigenvalue weighted by Gasteiger charge is -2.18. The minimum atomic E-state index is -0.573. The zero-order valence-corrected chi connectivity index (χ0v) is 40.3. The number of nitrogens with one attached hydrogen (secondary N) is 5. The maximum atomic E-state index is 11.7. The Kier molecular flexibility index (Phi) is 16.7. The molecule has 4 atom stereocenters. The number of aromatic nitrogens is 6. The van der Waals surface area contributed by atoms with Crippen LogP contribution in [0.2, 0.25) is 0 Å². The third-order valence-corrected chi connectivity index (χ3v) is 11.5. The van der Waals surface area contributed by atoms with Gasteiger partial charge in [0.2, 0.25) is 11.9 Å². The molecule has 0 bridgehead atoms. The Morgan fingerprint density at radius 2 is 0.754 bits per heavy atom. The van der Waals surface area contributed by atoms with Gasteiger partial charge in [0.05, 0.1) is 0 Å². The first-order valence-corrected chi connectivity index (χ1v) is 22.9. The largest absolute Gasteiger partial charge is 0.365 e. The van der Waals surface area contributed by atoms with E-state index in [1.165, 1.54) is 18.6 Å². The van der Waals surface area contributed by atoms with E-state index in [9.17, 15) is 14.4 Å². The summed E-state index contributed by atoms with van der Waals surface area (Å²) in [5, 5.41) is 16.0. The quantitative estimate of drug-likeness (QED) is 0.0576. The Hall–Kier alpha value is -7.77. The van der Waals surface area contributed by atoms with Crippen LogP contribution in [0.4, 0.5) is 46.4 Å². The van der Waals surface area contributed by atoms with Crippen molar-refractivity contribution in [2.75, 3.05) is 26.6 Å². The van der Waals surface area contributed by atoms with Gasteiger partial charge in [-0.25, -0.2) is 19.9 Å². The molecule has 0 aliphatic heterocycles. The molecule has 362 valence electrons. The van der Waals surface area contributed by atoms with E-state index in [1.54, 1.807) is 6.92 Å². The third-order valence-electron chi connectivity index (χ3n) is 11.5. The minimum absolute atomic E-state index is 0.0928. The predicted molar refractivity (Wildman–Crippen MR) is 272 cm³/mol. The molecule has 3 amide bonds. The fraction of sp³-hybridized carbons (Fsp3) is 0.340. The Bertz CT molecular complexity index is 2630. The van der Waals surface area contributed by atoms with E-state index in [0.717, 1.165) is 89.0 Å². The summed E-state index contributed by atoms with van der Waals surface area (Å²) >= 11 is 0. The summed E-state index contributed by atoms with van der Waals surface area (Å²) in [6, 6.07) is 18.6. The molecule has 2 aliphatic rings. The second kappa shape index (κ2) is 22.8. The lowest BCUT2D eigenvalue weighted by atomic mass is 10.1. The van der Waals surface area contributed by atoms with E-state index in [0.29, 0.717) is 35.2 Å². The second-order valence-electron chi connectivity index (χ2n) is 17.9. The third kappa shape index (κ3) is 14.4. The van der Waals surface area contributed by atoms with Gasteiger partial charge < -0.3 is 55.3 Å². The van der Waals surface area contributed by atoms with Gasteiger partial charge in [0.15, 0.2) is 0 Å². The van der Waals surface area contributed by atoms with Crippen LogP contribution in [0.15, 0.2) is 73.2 Å². The molecule has 2 fully saturated rings. The number of rotatable bonds is 13. The number of primary amides is 3. The summed E-state index contributed by atoms with van der Waals surface area (Å²) < 4.78 is 0. The molecule has 6 aromatic rings. The summed E-state index contributed by atoms with van der Waals surface area (Å²) in [6.07, 6.45) is 10.5. The van der Waals surface area contributed by atoms with Gasteiger partial charge in [-0.1, -0.05) is 18.2 Å². The van der Waals surface area contributed by atoms with Crippen molar-refractivity contribution in [3.63, 3.8) is 0 Å². The molecule has 0 radical (unpaired) electrons. The monoisotopic (exact) mass is 937 g/mol. The Balaban J connectivity index is 0.000000172. The van der Waals surface area contributed by atoms with Gasteiger partial charge >= 0.3 is 0 Å². The van der Waals surface area contributed by atoms with Gasteiger partial charge in [-0.2, -0.15) is 9.97 Å². The molecule has 3 aromatic heterocycles. The van der Waals surface area contributed by atoms with Crippen molar-refractivity contribution in [2.24, 2.45) is 28.7 Å². The van der Waals surface area contributed by atoms with Crippen molar-refractivity contribution in [1.29, 1.82) is 0 Å². The van der Waals surface area contributed by atoms with Crippen LogP contribution in [0.3, 0.4) is 0 Å². The van der Waals surface area contributed by atoms with Crippen LogP contribution in [0, 0.1) is 48.5 Å². The van der Waals surface area contributed by atoms with Crippen molar-refractivity contribution < 1.29 is 14.4 Å². The lowest BCUT2D eigenvalue weighted by molar-refractivity contribution is 0.0992. The van der Waals surface area contributed by atoms with Crippen LogP contribution < -0.4 is 55.3 Å². The number of carbonyl (C=O) groups is 3. The summed E-state index contributed by atoms with van der Waals surface area (Å²) in [6.45, 7) is 13.8. The normalized spacial score (nSPS) is 17.1. The van der Waals surface area contributed by atoms with Gasteiger partial charge in [0.25, 0.3) is 17.7 Å². The average Bonchev–Trinajstić information content (AvgIpc) is 3.85. The van der Waals surface area contributed by atoms with Gasteiger partial charge in [0.1, 0.15) is 40.0 Å². The van der Waals surface area contributed by atoms with Crippen molar-refractivity contribution >= 4 is 64.1 Å². The molecule has 2 aliphatic carbocycles. The number of nitrogens with zero attached hydrogens (tertiary/aromatic N) is 6. The summed E-state index contributed by atoms with van der Waals surface area (Å²) in [5.41, 5.74) is 38.5. The smallest absolute Gasteiger partial charge is 0.254 e. The van der Waals surface area contributed by atoms with Crippen molar-refractivity contribution in [3.05, 3.63) is 129 Å². The van der Waals surface area contributed by atoms with Crippen LogP contribution in [-0.2, 0) is 0 Å². The molecule has 8 rings (SSSR count). The highest BCUT2D eigenvalue weighted by atomic mass is 16.2. The number of aryl methyl sites for hydroxylation is 7. The fourth-order valence-electron chi connectivity index (χ4n) is 8.42. The van der Waals surface area contributed by atoms with Gasteiger partial charge in [0, 0.05) is 59.8 Å². The van der Waals surface area contributed by atoms with E-state index >= 15 is 0 Å². The number of carbonyl (C=O) groups excluding carboxylic acids is 3. The van der Waals surface area contributed by atoms with Gasteiger partial charge in [-0.05, 0) is 157 Å². The molecule has 0 unspecified atom stereocenters. The molecule has 19 heteroatoms. The number of anilines is 8. The highest BCUT2D eigenvalue weighted by molar-refractivity contribution is 5.99. The first-order chi connectivity index (χ1) is 32.8. The molecule has 0 saturated heterocycles. The first-order valence-electron chi connectivity index (χ1n) is 22.9. The van der Waals surface area contributed by atoms with Crippen molar-refractivity contribution in [1.82, 2.24) is 29.9 Å². The van der Waals surface area contributed by atoms with Crippen LogP contribution in [0.25, 0.3) is 0 Å². The SMILES string of the molecule is Cc1cc(C)cc(Nc2nc(C)ncc2C(N)=O)c1.Cc1cc(C)cc(Nc2nc(N[C@@H]3CCC[C@@H]3N)ncc2C(N)=O)c1.Cc1cc(C)cc(Nc2nc(N[C@@H]3CCC[C@@H]3N)ncc2C(N)=O)c1. The first kappa shape index (κ1) is 50.6. The van der Waals surface area contributed by atoms with Crippen LogP contribution in [0.1, 0.15) is 109 Å². The topological polar surface area (TPSA) is 319 Å². The van der Waals surface area contributed by atoms with Crippen molar-refractivity contribution in [3.8, 4) is 0 Å². The fourth-order valence-corrected chi connectivity index (χ4v) is 8.42. The lowest BCUT2D eigenvalue weighted by Crippen LogP contribution is -2.35. The molecule has 15 N–H and O–H groups in total. The highest BCUT2D eigenvalue weighted by Gasteiger charge is 2.26. The summed E-state index contributed by atoms with van der Waals surface area (Å²) in [4.78, 5) is 60.3. The second-order valence-corrected chi connectivity index (χ2v) is 17.9. The minimum Gasteiger partial charge on any atom is -0.365 e. The summed E-state index contributed by atoms with van der Waals surface area (Å²) in [5.74, 6) is 0.988. The molecular weight excluding hydrogens is 873 g/mol.